The molecule has 2 heterocycles. The van der Waals surface area contributed by atoms with Gasteiger partial charge in [-0.1, -0.05) is 36.4 Å². The summed E-state index contributed by atoms with van der Waals surface area (Å²) in [6.07, 6.45) is 6.26. The van der Waals surface area contributed by atoms with Crippen molar-refractivity contribution >= 4 is 16.7 Å². The monoisotopic (exact) mass is 382 g/mol. The zero-order valence-electron chi connectivity index (χ0n) is 16.4. The van der Waals surface area contributed by atoms with Gasteiger partial charge in [-0.3, -0.25) is 0 Å². The number of anilines is 1. The van der Waals surface area contributed by atoms with Crippen LogP contribution in [0.5, 0.6) is 0 Å². The number of aromatic nitrogens is 5. The highest BCUT2D eigenvalue weighted by Crippen LogP contribution is 2.24. The molecule has 6 heteroatoms. The van der Waals surface area contributed by atoms with E-state index in [1.165, 1.54) is 34.9 Å². The molecule has 1 aliphatic rings. The fourth-order valence-corrected chi connectivity index (χ4v) is 3.95. The molecule has 0 aliphatic heterocycles. The Balaban J connectivity index is 1.37. The third-order valence-corrected chi connectivity index (χ3v) is 5.44. The third kappa shape index (κ3) is 3.66. The molecule has 2 aromatic heterocycles. The summed E-state index contributed by atoms with van der Waals surface area (Å²) in [5.41, 5.74) is 5.43. The molecule has 0 amide bonds. The minimum absolute atomic E-state index is 0.481. The normalized spacial score (nSPS) is 13.3. The summed E-state index contributed by atoms with van der Waals surface area (Å²) in [7, 11) is 0. The van der Waals surface area contributed by atoms with Crippen molar-refractivity contribution in [3.8, 4) is 11.3 Å². The second-order valence-electron chi connectivity index (χ2n) is 7.44. The van der Waals surface area contributed by atoms with Crippen molar-refractivity contribution in [2.75, 3.05) is 5.32 Å². The standard InChI is InChI=1S/C23H22N6/c1-15-19-8-4-5-9-20(19)27-22(26-15)14-24-23-28-21(13-25-29-23)18-11-10-16-6-2-3-7-17(16)12-18/h2-3,6-7,10-13H,4-5,8-9,14H2,1H3,(H,24,28,29). The summed E-state index contributed by atoms with van der Waals surface area (Å²) in [5, 5.41) is 13.9. The maximum atomic E-state index is 4.75. The van der Waals surface area contributed by atoms with Gasteiger partial charge in [0.15, 0.2) is 0 Å². The Morgan fingerprint density at radius 2 is 1.79 bits per heavy atom. The highest BCUT2D eigenvalue weighted by Gasteiger charge is 2.15. The Kier molecular flexibility index (Phi) is 4.60. The first-order valence-corrected chi connectivity index (χ1v) is 10.0. The lowest BCUT2D eigenvalue weighted by atomic mass is 9.95. The van der Waals surface area contributed by atoms with Crippen molar-refractivity contribution in [1.29, 1.82) is 0 Å². The van der Waals surface area contributed by atoms with Gasteiger partial charge in [-0.2, -0.15) is 5.10 Å². The van der Waals surface area contributed by atoms with E-state index in [1.54, 1.807) is 6.20 Å². The van der Waals surface area contributed by atoms with Crippen molar-refractivity contribution in [2.24, 2.45) is 0 Å². The summed E-state index contributed by atoms with van der Waals surface area (Å²) >= 11 is 0. The van der Waals surface area contributed by atoms with E-state index in [1.807, 2.05) is 12.1 Å². The van der Waals surface area contributed by atoms with Crippen LogP contribution in [0.2, 0.25) is 0 Å². The molecule has 0 bridgehead atoms. The van der Waals surface area contributed by atoms with Gasteiger partial charge in [0.1, 0.15) is 5.82 Å². The van der Waals surface area contributed by atoms with Crippen molar-refractivity contribution in [2.45, 2.75) is 39.2 Å². The molecule has 2 aromatic carbocycles. The van der Waals surface area contributed by atoms with Crippen molar-refractivity contribution in [3.63, 3.8) is 0 Å². The molecule has 1 aliphatic carbocycles. The van der Waals surface area contributed by atoms with Crippen molar-refractivity contribution < 1.29 is 0 Å². The Morgan fingerprint density at radius 1 is 0.931 bits per heavy atom. The Labute approximate surface area is 169 Å². The fraction of sp³-hybridized carbons (Fsp3) is 0.261. The van der Waals surface area contributed by atoms with Crippen molar-refractivity contribution in [1.82, 2.24) is 25.1 Å². The van der Waals surface area contributed by atoms with Gasteiger partial charge in [0.2, 0.25) is 5.95 Å². The fourth-order valence-electron chi connectivity index (χ4n) is 3.95. The van der Waals surface area contributed by atoms with E-state index >= 15 is 0 Å². The van der Waals surface area contributed by atoms with Crippen LogP contribution < -0.4 is 5.32 Å². The highest BCUT2D eigenvalue weighted by atomic mass is 15.2. The minimum atomic E-state index is 0.481. The summed E-state index contributed by atoms with van der Waals surface area (Å²) in [5.74, 6) is 1.26. The lowest BCUT2D eigenvalue weighted by Crippen LogP contribution is -2.15. The number of nitrogens with zero attached hydrogens (tertiary/aromatic N) is 5. The molecule has 0 radical (unpaired) electrons. The molecule has 5 rings (SSSR count). The van der Waals surface area contributed by atoms with E-state index in [4.69, 9.17) is 4.98 Å². The second kappa shape index (κ2) is 7.54. The summed E-state index contributed by atoms with van der Waals surface area (Å²) in [6, 6.07) is 14.6. The number of aryl methyl sites for hydroxylation is 2. The molecular formula is C23H22N6. The van der Waals surface area contributed by atoms with Crippen LogP contribution in [-0.2, 0) is 19.4 Å². The van der Waals surface area contributed by atoms with Crippen LogP contribution in [0.25, 0.3) is 22.0 Å². The molecule has 0 unspecified atom stereocenters. The minimum Gasteiger partial charge on any atom is -0.346 e. The molecule has 0 spiro atoms. The number of benzene rings is 2. The zero-order valence-corrected chi connectivity index (χ0v) is 16.4. The van der Waals surface area contributed by atoms with E-state index in [0.29, 0.717) is 12.5 Å². The molecule has 1 N–H and O–H groups in total. The van der Waals surface area contributed by atoms with Crippen LogP contribution in [0.3, 0.4) is 0 Å². The number of hydrogen-bond acceptors (Lipinski definition) is 6. The second-order valence-corrected chi connectivity index (χ2v) is 7.44. The zero-order chi connectivity index (χ0) is 19.6. The molecule has 0 saturated heterocycles. The van der Waals surface area contributed by atoms with Crippen LogP contribution in [0, 0.1) is 6.92 Å². The van der Waals surface area contributed by atoms with Gasteiger partial charge in [-0.05, 0) is 55.0 Å². The molecular weight excluding hydrogens is 360 g/mol. The molecule has 0 saturated carbocycles. The van der Waals surface area contributed by atoms with Crippen LogP contribution in [0.4, 0.5) is 5.95 Å². The maximum absolute atomic E-state index is 4.75. The topological polar surface area (TPSA) is 76.5 Å². The molecule has 144 valence electrons. The van der Waals surface area contributed by atoms with E-state index in [0.717, 1.165) is 35.6 Å². The first kappa shape index (κ1) is 17.7. The highest BCUT2D eigenvalue weighted by molar-refractivity contribution is 5.86. The average molecular weight is 382 g/mol. The predicted molar refractivity (Wildman–Crippen MR) is 114 cm³/mol. The Hall–Kier alpha value is -3.41. The summed E-state index contributed by atoms with van der Waals surface area (Å²) in [6.45, 7) is 2.56. The molecule has 0 fully saturated rings. The lowest BCUT2D eigenvalue weighted by molar-refractivity contribution is 0.648. The van der Waals surface area contributed by atoms with Gasteiger partial charge in [0.05, 0.1) is 18.4 Å². The molecule has 0 atom stereocenters. The third-order valence-electron chi connectivity index (χ3n) is 5.44. The van der Waals surface area contributed by atoms with Crippen molar-refractivity contribution in [3.05, 3.63) is 71.4 Å². The quantitative estimate of drug-likeness (QED) is 0.568. The number of hydrogen-bond donors (Lipinski definition) is 1. The van der Waals surface area contributed by atoms with E-state index in [-0.39, 0.29) is 0 Å². The van der Waals surface area contributed by atoms with Gasteiger partial charge in [-0.25, -0.2) is 15.0 Å². The first-order valence-electron chi connectivity index (χ1n) is 10.0. The van der Waals surface area contributed by atoms with E-state index in [2.05, 4.69) is 62.7 Å². The molecule has 4 aromatic rings. The van der Waals surface area contributed by atoms with E-state index in [9.17, 15) is 0 Å². The van der Waals surface area contributed by atoms with Crippen LogP contribution >= 0.6 is 0 Å². The Bertz CT molecular complexity index is 1190. The average Bonchev–Trinajstić information content (AvgIpc) is 2.78. The van der Waals surface area contributed by atoms with Gasteiger partial charge in [0.25, 0.3) is 0 Å². The smallest absolute Gasteiger partial charge is 0.243 e. The lowest BCUT2D eigenvalue weighted by Gasteiger charge is -2.17. The van der Waals surface area contributed by atoms with Gasteiger partial charge in [0, 0.05) is 17.0 Å². The number of fused-ring (bicyclic) bond motifs is 2. The number of nitrogens with one attached hydrogen (secondary N) is 1. The summed E-state index contributed by atoms with van der Waals surface area (Å²) in [4.78, 5) is 14.1. The van der Waals surface area contributed by atoms with Crippen LogP contribution in [0.15, 0.2) is 48.7 Å². The van der Waals surface area contributed by atoms with Gasteiger partial charge in [-0.15, -0.1) is 5.10 Å². The van der Waals surface area contributed by atoms with Gasteiger partial charge >= 0.3 is 0 Å². The molecule has 29 heavy (non-hydrogen) atoms. The van der Waals surface area contributed by atoms with Gasteiger partial charge < -0.3 is 5.32 Å². The largest absolute Gasteiger partial charge is 0.346 e. The number of rotatable bonds is 4. The Morgan fingerprint density at radius 3 is 2.72 bits per heavy atom. The predicted octanol–water partition coefficient (Wildman–Crippen LogP) is 4.28. The summed E-state index contributed by atoms with van der Waals surface area (Å²) < 4.78 is 0. The van der Waals surface area contributed by atoms with E-state index < -0.39 is 0 Å². The molecule has 6 nitrogen and oxygen atoms in total. The van der Waals surface area contributed by atoms with Crippen LogP contribution in [-0.4, -0.2) is 25.1 Å². The first-order chi connectivity index (χ1) is 14.3. The van der Waals surface area contributed by atoms with Crippen LogP contribution in [0.1, 0.15) is 35.6 Å². The SMILES string of the molecule is Cc1nc(CNc2nncc(-c3ccc4ccccc4c3)n2)nc2c1CCCC2. The maximum Gasteiger partial charge on any atom is 0.243 e.